The second-order valence-electron chi connectivity index (χ2n) is 7.59. The molecule has 2 unspecified atom stereocenters. The highest BCUT2D eigenvalue weighted by Crippen LogP contribution is 2.40. The quantitative estimate of drug-likeness (QED) is 0.779. The molecule has 2 aromatic rings. The van der Waals surface area contributed by atoms with Gasteiger partial charge in [0.15, 0.2) is 11.5 Å². The lowest BCUT2D eigenvalue weighted by molar-refractivity contribution is -0.0104. The molecular weight excluding hydrogens is 378 g/mol. The third-order valence-corrected chi connectivity index (χ3v) is 7.65. The summed E-state index contributed by atoms with van der Waals surface area (Å²) in [6.45, 7) is 3.46. The molecule has 3 fully saturated rings. The highest BCUT2D eigenvalue weighted by atomic mass is 32.2. The maximum absolute atomic E-state index is 13.3. The Balaban J connectivity index is 1.32. The molecule has 4 aliphatic heterocycles. The van der Waals surface area contributed by atoms with E-state index in [1.807, 2.05) is 12.1 Å². The number of hydrogen-bond donors (Lipinski definition) is 0. The molecule has 1 aromatic carbocycles. The van der Waals surface area contributed by atoms with Crippen molar-refractivity contribution in [3.63, 3.8) is 0 Å². The second kappa shape index (κ2) is 7.02. The summed E-state index contributed by atoms with van der Waals surface area (Å²) >= 11 is 0. The molecule has 0 amide bonds. The summed E-state index contributed by atoms with van der Waals surface area (Å²) < 4.78 is 39.5. The van der Waals surface area contributed by atoms with Gasteiger partial charge in [0.1, 0.15) is 0 Å². The van der Waals surface area contributed by atoms with Crippen LogP contribution in [0.4, 0.5) is 0 Å². The van der Waals surface area contributed by atoms with Crippen LogP contribution in [0.15, 0.2) is 47.6 Å². The summed E-state index contributed by atoms with van der Waals surface area (Å²) in [6.07, 6.45) is 5.30. The van der Waals surface area contributed by atoms with Crippen molar-refractivity contribution in [2.24, 2.45) is 0 Å². The van der Waals surface area contributed by atoms with Gasteiger partial charge in [0, 0.05) is 56.6 Å². The Morgan fingerprint density at radius 1 is 1.00 bits per heavy atom. The van der Waals surface area contributed by atoms with E-state index in [0.717, 1.165) is 32.5 Å². The fraction of sp³-hybridized carbons (Fsp3) is 0.450. The van der Waals surface area contributed by atoms with Crippen molar-refractivity contribution in [2.45, 2.75) is 36.4 Å². The highest BCUT2D eigenvalue weighted by Gasteiger charge is 2.51. The van der Waals surface area contributed by atoms with Gasteiger partial charge in [-0.2, -0.15) is 4.31 Å². The van der Waals surface area contributed by atoms with E-state index in [1.165, 1.54) is 5.56 Å². The van der Waals surface area contributed by atoms with E-state index >= 15 is 0 Å². The molecule has 0 aliphatic carbocycles. The van der Waals surface area contributed by atoms with Crippen LogP contribution < -0.4 is 9.47 Å². The summed E-state index contributed by atoms with van der Waals surface area (Å²) in [5, 5.41) is 0. The predicted octanol–water partition coefficient (Wildman–Crippen LogP) is 1.89. The van der Waals surface area contributed by atoms with Gasteiger partial charge in [-0.25, -0.2) is 8.42 Å². The van der Waals surface area contributed by atoms with Gasteiger partial charge < -0.3 is 9.47 Å². The maximum atomic E-state index is 13.3. The van der Waals surface area contributed by atoms with Crippen molar-refractivity contribution in [2.75, 3.05) is 26.3 Å². The van der Waals surface area contributed by atoms with Crippen molar-refractivity contribution in [1.29, 1.82) is 0 Å². The minimum Gasteiger partial charge on any atom is -0.490 e. The van der Waals surface area contributed by atoms with E-state index in [9.17, 15) is 8.42 Å². The first-order valence-corrected chi connectivity index (χ1v) is 11.1. The third-order valence-electron chi connectivity index (χ3n) is 5.65. The number of piperazine rings is 1. The molecule has 148 valence electrons. The zero-order valence-electron chi connectivity index (χ0n) is 15.5. The number of piperidine rings is 1. The molecule has 1 aromatic heterocycles. The molecule has 4 aliphatic rings. The van der Waals surface area contributed by atoms with Crippen LogP contribution in [0.2, 0.25) is 0 Å². The van der Waals surface area contributed by atoms with Crippen LogP contribution >= 0.6 is 0 Å². The van der Waals surface area contributed by atoms with Crippen LogP contribution in [0.5, 0.6) is 11.5 Å². The molecule has 8 heteroatoms. The Bertz CT molecular complexity index is 955. The van der Waals surface area contributed by atoms with Crippen LogP contribution in [-0.2, 0) is 16.6 Å². The van der Waals surface area contributed by atoms with Gasteiger partial charge in [0.05, 0.1) is 18.1 Å². The number of aromatic nitrogens is 1. The standard InChI is InChI=1S/C20H23N3O4S/c24-28(25,18-2-3-19-20(11-18)27-9-1-8-26-19)23-16-10-17(23)14-22(13-16)12-15-4-6-21-7-5-15/h2-7,11,16-17H,1,8-10,12-14H2. The molecule has 3 saturated heterocycles. The van der Waals surface area contributed by atoms with E-state index in [0.29, 0.717) is 24.7 Å². The molecule has 2 atom stereocenters. The summed E-state index contributed by atoms with van der Waals surface area (Å²) in [6, 6.07) is 9.02. The van der Waals surface area contributed by atoms with Crippen LogP contribution in [0, 0.1) is 0 Å². The van der Waals surface area contributed by atoms with Gasteiger partial charge in [-0.1, -0.05) is 0 Å². The Kier molecular flexibility index (Phi) is 4.49. The highest BCUT2D eigenvalue weighted by molar-refractivity contribution is 7.89. The number of nitrogens with zero attached hydrogens (tertiary/aromatic N) is 3. The minimum atomic E-state index is -3.54. The SMILES string of the molecule is O=S(=O)(c1ccc2c(c1)OCCCO2)N1C2CC1CN(Cc1ccncc1)C2. The number of benzene rings is 1. The van der Waals surface area contributed by atoms with Crippen LogP contribution in [-0.4, -0.2) is 61.0 Å². The van der Waals surface area contributed by atoms with Crippen LogP contribution in [0.1, 0.15) is 18.4 Å². The number of sulfonamides is 1. The molecule has 7 nitrogen and oxygen atoms in total. The van der Waals surface area contributed by atoms with Gasteiger partial charge in [-0.15, -0.1) is 0 Å². The Labute approximate surface area is 164 Å². The van der Waals surface area contributed by atoms with Crippen LogP contribution in [0.3, 0.4) is 0 Å². The van der Waals surface area contributed by atoms with Gasteiger partial charge >= 0.3 is 0 Å². The smallest absolute Gasteiger partial charge is 0.243 e. The predicted molar refractivity (Wildman–Crippen MR) is 103 cm³/mol. The number of ether oxygens (including phenoxy) is 2. The Hall–Kier alpha value is -2.16. The van der Waals surface area contributed by atoms with Crippen molar-refractivity contribution in [3.05, 3.63) is 48.3 Å². The van der Waals surface area contributed by atoms with Crippen molar-refractivity contribution in [1.82, 2.24) is 14.2 Å². The molecule has 6 rings (SSSR count). The molecule has 28 heavy (non-hydrogen) atoms. The van der Waals surface area contributed by atoms with Gasteiger partial charge in [0.2, 0.25) is 10.0 Å². The lowest BCUT2D eigenvalue weighted by atomic mass is 9.91. The Morgan fingerprint density at radius 3 is 2.46 bits per heavy atom. The first-order chi connectivity index (χ1) is 13.6. The van der Waals surface area contributed by atoms with Crippen molar-refractivity contribution < 1.29 is 17.9 Å². The van der Waals surface area contributed by atoms with Gasteiger partial charge in [-0.3, -0.25) is 9.88 Å². The zero-order chi connectivity index (χ0) is 19.1. The van der Waals surface area contributed by atoms with E-state index in [1.54, 1.807) is 34.9 Å². The number of rotatable bonds is 4. The fourth-order valence-electron chi connectivity index (χ4n) is 4.36. The van der Waals surface area contributed by atoms with E-state index in [4.69, 9.17) is 9.47 Å². The average Bonchev–Trinajstić information content (AvgIpc) is 2.93. The summed E-state index contributed by atoms with van der Waals surface area (Å²) in [5.41, 5.74) is 1.20. The van der Waals surface area contributed by atoms with Gasteiger partial charge in [0.25, 0.3) is 0 Å². The molecule has 0 saturated carbocycles. The number of hydrogen-bond acceptors (Lipinski definition) is 6. The largest absolute Gasteiger partial charge is 0.490 e. The van der Waals surface area contributed by atoms with Crippen molar-refractivity contribution in [3.8, 4) is 11.5 Å². The first kappa shape index (κ1) is 17.9. The monoisotopic (exact) mass is 401 g/mol. The van der Waals surface area contributed by atoms with Crippen LogP contribution in [0.25, 0.3) is 0 Å². The second-order valence-corrected chi connectivity index (χ2v) is 9.43. The first-order valence-electron chi connectivity index (χ1n) is 9.66. The Morgan fingerprint density at radius 2 is 1.71 bits per heavy atom. The molecule has 0 radical (unpaired) electrons. The van der Waals surface area contributed by atoms with E-state index in [2.05, 4.69) is 9.88 Å². The lowest BCUT2D eigenvalue weighted by Gasteiger charge is -2.55. The zero-order valence-corrected chi connectivity index (χ0v) is 16.3. The minimum absolute atomic E-state index is 0.0292. The topological polar surface area (TPSA) is 72.0 Å². The molecule has 0 spiro atoms. The summed E-state index contributed by atoms with van der Waals surface area (Å²) in [4.78, 5) is 6.67. The molecule has 2 bridgehead atoms. The number of pyridine rings is 1. The normalized spacial score (nSPS) is 25.0. The average molecular weight is 401 g/mol. The summed E-state index contributed by atoms with van der Waals surface area (Å²) in [5.74, 6) is 1.13. The molecule has 5 heterocycles. The lowest BCUT2D eigenvalue weighted by Crippen LogP contribution is -2.69. The maximum Gasteiger partial charge on any atom is 0.243 e. The molecule has 0 N–H and O–H groups in total. The third kappa shape index (κ3) is 3.15. The summed E-state index contributed by atoms with van der Waals surface area (Å²) in [7, 11) is -3.54. The number of fused-ring (bicyclic) bond motifs is 3. The van der Waals surface area contributed by atoms with E-state index in [-0.39, 0.29) is 17.0 Å². The van der Waals surface area contributed by atoms with Crippen molar-refractivity contribution >= 4 is 10.0 Å². The van der Waals surface area contributed by atoms with Gasteiger partial charge in [-0.05, 0) is 36.2 Å². The molecular formula is C20H23N3O4S. The van der Waals surface area contributed by atoms with E-state index < -0.39 is 10.0 Å². The fourth-order valence-corrected chi connectivity index (χ4v) is 6.19.